The average Bonchev–Trinajstić information content (AvgIpc) is 2.56. The van der Waals surface area contributed by atoms with Crippen molar-refractivity contribution < 1.29 is 10.1 Å². The number of nitrogens with zero attached hydrogens (tertiary/aromatic N) is 1. The highest BCUT2D eigenvalue weighted by Gasteiger charge is 2.20. The Bertz CT molecular complexity index is 738. The minimum Gasteiger partial charge on any atom is -0.332 e. The minimum absolute atomic E-state index is 0.157. The normalized spacial score (nSPS) is 11.8. The van der Waals surface area contributed by atoms with Gasteiger partial charge in [-0.1, -0.05) is 55.8 Å². The molecule has 0 aliphatic rings. The molecule has 24 heavy (non-hydrogen) atoms. The summed E-state index contributed by atoms with van der Waals surface area (Å²) in [6.07, 6.45) is 0. The molecule has 0 aliphatic carbocycles. The van der Waals surface area contributed by atoms with Crippen molar-refractivity contribution >= 4 is 23.2 Å². The number of quaternary nitrogens is 1. The number of nitriles is 1. The molecular weight excluding hydrogens is 322 g/mol. The van der Waals surface area contributed by atoms with Gasteiger partial charge in [0.25, 0.3) is 5.91 Å². The van der Waals surface area contributed by atoms with E-state index in [4.69, 9.17) is 16.9 Å². The molecule has 4 nitrogen and oxygen atoms in total. The average molecular weight is 343 g/mol. The number of nitrogens with two attached hydrogens (primary N) is 1. The molecule has 0 radical (unpaired) electrons. The van der Waals surface area contributed by atoms with Crippen LogP contribution in [0.2, 0.25) is 5.02 Å². The van der Waals surface area contributed by atoms with Gasteiger partial charge in [0.05, 0.1) is 11.3 Å². The van der Waals surface area contributed by atoms with Crippen molar-refractivity contribution in [2.45, 2.75) is 19.9 Å². The Labute approximate surface area is 147 Å². The lowest BCUT2D eigenvalue weighted by atomic mass is 9.96. The molecule has 0 saturated carbocycles. The second-order valence-electron chi connectivity index (χ2n) is 5.97. The van der Waals surface area contributed by atoms with E-state index >= 15 is 0 Å². The molecular formula is C19H21ClN3O+. The molecule has 0 aromatic heterocycles. The fraction of sp³-hybridized carbons (Fsp3) is 0.263. The van der Waals surface area contributed by atoms with Gasteiger partial charge in [-0.05, 0) is 18.2 Å². The number of amides is 1. The summed E-state index contributed by atoms with van der Waals surface area (Å²) in [6.45, 7) is 4.54. The van der Waals surface area contributed by atoms with Gasteiger partial charge in [-0.2, -0.15) is 5.26 Å². The summed E-state index contributed by atoms with van der Waals surface area (Å²) in [4.78, 5) is 12.3. The monoisotopic (exact) mass is 342 g/mol. The van der Waals surface area contributed by atoms with Crippen LogP contribution in [0.1, 0.15) is 31.0 Å². The van der Waals surface area contributed by atoms with E-state index in [1.807, 2.05) is 23.5 Å². The first-order valence-electron chi connectivity index (χ1n) is 7.89. The predicted molar refractivity (Wildman–Crippen MR) is 95.6 cm³/mol. The zero-order valence-corrected chi connectivity index (χ0v) is 14.5. The first-order valence-corrected chi connectivity index (χ1v) is 8.27. The van der Waals surface area contributed by atoms with E-state index in [2.05, 4.69) is 37.4 Å². The maximum Gasteiger partial charge on any atom is 0.279 e. The van der Waals surface area contributed by atoms with Gasteiger partial charge in [0.2, 0.25) is 0 Å². The van der Waals surface area contributed by atoms with E-state index in [9.17, 15) is 4.79 Å². The topological polar surface area (TPSA) is 69.5 Å². The molecule has 1 amide bonds. The Kier molecular flexibility index (Phi) is 6.36. The number of benzene rings is 2. The second-order valence-corrected chi connectivity index (χ2v) is 6.41. The summed E-state index contributed by atoms with van der Waals surface area (Å²) in [7, 11) is 0. The number of halogens is 1. The van der Waals surface area contributed by atoms with Crippen molar-refractivity contribution in [1.29, 1.82) is 5.26 Å². The molecule has 2 aromatic rings. The van der Waals surface area contributed by atoms with Crippen molar-refractivity contribution in [2.24, 2.45) is 5.92 Å². The molecule has 0 saturated heterocycles. The molecule has 0 aliphatic heterocycles. The predicted octanol–water partition coefficient (Wildman–Crippen LogP) is 3.11. The Morgan fingerprint density at radius 2 is 1.96 bits per heavy atom. The third-order valence-corrected chi connectivity index (χ3v) is 4.07. The smallest absolute Gasteiger partial charge is 0.279 e. The van der Waals surface area contributed by atoms with Crippen LogP contribution in [0.5, 0.6) is 0 Å². The summed E-state index contributed by atoms with van der Waals surface area (Å²) in [5, 5.41) is 14.4. The van der Waals surface area contributed by atoms with Crippen molar-refractivity contribution in [1.82, 2.24) is 0 Å². The van der Waals surface area contributed by atoms with Gasteiger partial charge in [0.1, 0.15) is 12.1 Å². The lowest BCUT2D eigenvalue weighted by Gasteiger charge is -2.19. The number of hydrogen-bond donors (Lipinski definition) is 2. The lowest BCUT2D eigenvalue weighted by Crippen LogP contribution is -2.88. The van der Waals surface area contributed by atoms with Crippen LogP contribution in [0.15, 0.2) is 48.5 Å². The summed E-state index contributed by atoms with van der Waals surface area (Å²) in [5.74, 6) is 0.233. The van der Waals surface area contributed by atoms with E-state index in [0.29, 0.717) is 22.2 Å². The fourth-order valence-electron chi connectivity index (χ4n) is 2.62. The quantitative estimate of drug-likeness (QED) is 0.846. The van der Waals surface area contributed by atoms with Crippen LogP contribution >= 0.6 is 11.6 Å². The first kappa shape index (κ1) is 18.0. The second kappa shape index (κ2) is 8.49. The summed E-state index contributed by atoms with van der Waals surface area (Å²) in [5.41, 5.74) is 2.04. The van der Waals surface area contributed by atoms with Crippen molar-refractivity contribution in [3.05, 3.63) is 64.7 Å². The molecule has 2 aromatic carbocycles. The summed E-state index contributed by atoms with van der Waals surface area (Å²) >= 11 is 5.94. The highest BCUT2D eigenvalue weighted by Crippen LogP contribution is 2.20. The Balaban J connectivity index is 2.02. The molecule has 3 N–H and O–H groups in total. The highest BCUT2D eigenvalue weighted by atomic mass is 35.5. The van der Waals surface area contributed by atoms with E-state index in [1.54, 1.807) is 18.2 Å². The number of hydrogen-bond acceptors (Lipinski definition) is 2. The highest BCUT2D eigenvalue weighted by molar-refractivity contribution is 6.31. The van der Waals surface area contributed by atoms with Crippen LogP contribution in [0.4, 0.5) is 5.69 Å². The standard InChI is InChI=1S/C19H20ClN3O/c1-13(2)19(14-6-4-3-5-7-14)22-12-18(24)23-17-10-16(20)9-8-15(17)11-21/h3-10,13,19,22H,12H2,1-2H3,(H,23,24)/p+1/t19-/m1/s1. The number of carbonyl (C=O) groups excluding carboxylic acids is 1. The molecule has 1 atom stereocenters. The SMILES string of the molecule is CC(C)[C@@H]([NH2+]CC(=O)Nc1cc(Cl)ccc1C#N)c1ccccc1. The summed E-state index contributed by atoms with van der Waals surface area (Å²) < 4.78 is 0. The van der Waals surface area contributed by atoms with Crippen molar-refractivity contribution in [2.75, 3.05) is 11.9 Å². The van der Waals surface area contributed by atoms with Crippen LogP contribution in [-0.4, -0.2) is 12.5 Å². The first-order chi connectivity index (χ1) is 11.5. The minimum atomic E-state index is -0.157. The van der Waals surface area contributed by atoms with Crippen LogP contribution in [0, 0.1) is 17.2 Å². The molecule has 0 fully saturated rings. The molecule has 0 heterocycles. The molecule has 0 unspecified atom stereocenters. The van der Waals surface area contributed by atoms with E-state index in [0.717, 1.165) is 0 Å². The Hall–Kier alpha value is -2.35. The summed E-state index contributed by atoms with van der Waals surface area (Å²) in [6, 6.07) is 17.2. The third-order valence-electron chi connectivity index (χ3n) is 3.84. The molecule has 5 heteroatoms. The van der Waals surface area contributed by atoms with Crippen molar-refractivity contribution in [3.63, 3.8) is 0 Å². The maximum absolute atomic E-state index is 12.3. The maximum atomic E-state index is 12.3. The van der Waals surface area contributed by atoms with Crippen molar-refractivity contribution in [3.8, 4) is 6.07 Å². The van der Waals surface area contributed by atoms with Gasteiger partial charge in [-0.25, -0.2) is 0 Å². The number of rotatable bonds is 6. The zero-order valence-electron chi connectivity index (χ0n) is 13.8. The van der Waals surface area contributed by atoms with Gasteiger partial charge >= 0.3 is 0 Å². The number of nitrogens with one attached hydrogen (secondary N) is 1. The van der Waals surface area contributed by atoms with Crippen LogP contribution in [0.3, 0.4) is 0 Å². The fourth-order valence-corrected chi connectivity index (χ4v) is 2.79. The van der Waals surface area contributed by atoms with Gasteiger partial charge in [-0.15, -0.1) is 0 Å². The molecule has 2 rings (SSSR count). The molecule has 0 bridgehead atoms. The molecule has 0 spiro atoms. The van der Waals surface area contributed by atoms with E-state index in [-0.39, 0.29) is 18.5 Å². The number of carbonyl (C=O) groups is 1. The third kappa shape index (κ3) is 4.82. The Morgan fingerprint density at radius 1 is 1.25 bits per heavy atom. The largest absolute Gasteiger partial charge is 0.332 e. The van der Waals surface area contributed by atoms with Crippen LogP contribution in [0.25, 0.3) is 0 Å². The zero-order chi connectivity index (χ0) is 17.5. The van der Waals surface area contributed by atoms with Crippen LogP contribution in [-0.2, 0) is 4.79 Å². The van der Waals surface area contributed by atoms with E-state index in [1.165, 1.54) is 5.56 Å². The van der Waals surface area contributed by atoms with Gasteiger partial charge in [-0.3, -0.25) is 4.79 Å². The number of anilines is 1. The molecule has 124 valence electrons. The van der Waals surface area contributed by atoms with Gasteiger partial charge < -0.3 is 10.6 Å². The van der Waals surface area contributed by atoms with E-state index < -0.39 is 0 Å². The van der Waals surface area contributed by atoms with Gasteiger partial charge in [0.15, 0.2) is 6.54 Å². The van der Waals surface area contributed by atoms with Gasteiger partial charge in [0, 0.05) is 16.5 Å². The lowest BCUT2D eigenvalue weighted by molar-refractivity contribution is -0.692. The van der Waals surface area contributed by atoms with Crippen LogP contribution < -0.4 is 10.6 Å². The Morgan fingerprint density at radius 3 is 2.58 bits per heavy atom.